The number of halogens is 2. The highest BCUT2D eigenvalue weighted by atomic mass is 19.1. The molecule has 112 valence electrons. The standard InChI is InChI=1S/C15H22F2N2O/c1-2-19-6-5-11(10-19)8-18-9-15(20)13-4-3-12(16)7-14(13)17/h3-4,7,11,15,18,20H,2,5-6,8-10H2,1H3. The molecule has 0 bridgehead atoms. The topological polar surface area (TPSA) is 35.5 Å². The SMILES string of the molecule is CCN1CCC(CNCC(O)c2ccc(F)cc2F)C1. The van der Waals surface area contributed by atoms with Gasteiger partial charge in [-0.25, -0.2) is 8.78 Å². The zero-order valence-electron chi connectivity index (χ0n) is 11.8. The Labute approximate surface area is 118 Å². The van der Waals surface area contributed by atoms with E-state index in [0.717, 1.165) is 44.7 Å². The number of hydrogen-bond acceptors (Lipinski definition) is 3. The number of aliphatic hydroxyl groups is 1. The summed E-state index contributed by atoms with van der Waals surface area (Å²) in [6, 6.07) is 3.26. The van der Waals surface area contributed by atoms with Crippen molar-refractivity contribution in [2.75, 3.05) is 32.7 Å². The average molecular weight is 284 g/mol. The van der Waals surface area contributed by atoms with Gasteiger partial charge in [0, 0.05) is 24.7 Å². The van der Waals surface area contributed by atoms with Gasteiger partial charge < -0.3 is 15.3 Å². The lowest BCUT2D eigenvalue weighted by atomic mass is 10.1. The van der Waals surface area contributed by atoms with Crippen molar-refractivity contribution in [2.45, 2.75) is 19.4 Å². The normalized spacial score (nSPS) is 21.3. The summed E-state index contributed by atoms with van der Waals surface area (Å²) in [5.41, 5.74) is 0.139. The van der Waals surface area contributed by atoms with E-state index in [9.17, 15) is 13.9 Å². The lowest BCUT2D eigenvalue weighted by Crippen LogP contribution is -2.29. The van der Waals surface area contributed by atoms with Gasteiger partial charge in [-0.15, -0.1) is 0 Å². The summed E-state index contributed by atoms with van der Waals surface area (Å²) in [5.74, 6) is -0.741. The minimum atomic E-state index is -0.945. The highest BCUT2D eigenvalue weighted by molar-refractivity contribution is 5.21. The molecule has 0 radical (unpaired) electrons. The first-order valence-corrected chi connectivity index (χ1v) is 7.16. The zero-order valence-corrected chi connectivity index (χ0v) is 11.8. The van der Waals surface area contributed by atoms with Crippen LogP contribution in [0.5, 0.6) is 0 Å². The Kier molecular flexibility index (Phi) is 5.46. The quantitative estimate of drug-likeness (QED) is 0.838. The highest BCUT2D eigenvalue weighted by Gasteiger charge is 2.21. The van der Waals surface area contributed by atoms with Gasteiger partial charge in [0.25, 0.3) is 0 Å². The summed E-state index contributed by atoms with van der Waals surface area (Å²) >= 11 is 0. The molecule has 5 heteroatoms. The Hall–Kier alpha value is -1.04. The molecular weight excluding hydrogens is 262 g/mol. The summed E-state index contributed by atoms with van der Waals surface area (Å²) in [4.78, 5) is 2.39. The van der Waals surface area contributed by atoms with Crippen LogP contribution in [-0.4, -0.2) is 42.7 Å². The Balaban J connectivity index is 1.76. The molecule has 20 heavy (non-hydrogen) atoms. The Morgan fingerprint density at radius 2 is 2.25 bits per heavy atom. The summed E-state index contributed by atoms with van der Waals surface area (Å²) in [7, 11) is 0. The third-order valence-corrected chi connectivity index (χ3v) is 3.91. The number of hydrogen-bond donors (Lipinski definition) is 2. The maximum Gasteiger partial charge on any atom is 0.131 e. The first-order chi connectivity index (χ1) is 9.60. The zero-order chi connectivity index (χ0) is 14.5. The maximum absolute atomic E-state index is 13.5. The predicted molar refractivity (Wildman–Crippen MR) is 74.4 cm³/mol. The van der Waals surface area contributed by atoms with Gasteiger partial charge in [0.2, 0.25) is 0 Å². The van der Waals surface area contributed by atoms with Crippen molar-refractivity contribution in [3.05, 3.63) is 35.4 Å². The van der Waals surface area contributed by atoms with Gasteiger partial charge in [0.1, 0.15) is 11.6 Å². The van der Waals surface area contributed by atoms with E-state index < -0.39 is 17.7 Å². The first kappa shape index (κ1) is 15.4. The van der Waals surface area contributed by atoms with E-state index in [1.54, 1.807) is 0 Å². The van der Waals surface area contributed by atoms with E-state index >= 15 is 0 Å². The fourth-order valence-electron chi connectivity index (χ4n) is 2.67. The van der Waals surface area contributed by atoms with Crippen molar-refractivity contribution in [3.8, 4) is 0 Å². The lowest BCUT2D eigenvalue weighted by Gasteiger charge is -2.16. The van der Waals surface area contributed by atoms with Gasteiger partial charge in [0.15, 0.2) is 0 Å². The van der Waals surface area contributed by atoms with E-state index in [4.69, 9.17) is 0 Å². The number of likely N-dealkylation sites (tertiary alicyclic amines) is 1. The smallest absolute Gasteiger partial charge is 0.131 e. The second kappa shape index (κ2) is 7.11. The van der Waals surface area contributed by atoms with Crippen LogP contribution in [0.4, 0.5) is 8.78 Å². The van der Waals surface area contributed by atoms with Crippen molar-refractivity contribution in [3.63, 3.8) is 0 Å². The predicted octanol–water partition coefficient (Wildman–Crippen LogP) is 1.93. The van der Waals surface area contributed by atoms with Gasteiger partial charge in [-0.3, -0.25) is 0 Å². The molecule has 2 N–H and O–H groups in total. The molecule has 2 atom stereocenters. The van der Waals surface area contributed by atoms with Crippen LogP contribution >= 0.6 is 0 Å². The van der Waals surface area contributed by atoms with E-state index in [2.05, 4.69) is 17.1 Å². The molecule has 0 aromatic heterocycles. The van der Waals surface area contributed by atoms with Gasteiger partial charge in [-0.2, -0.15) is 0 Å². The van der Waals surface area contributed by atoms with Crippen molar-refractivity contribution >= 4 is 0 Å². The van der Waals surface area contributed by atoms with Crippen molar-refractivity contribution in [1.29, 1.82) is 0 Å². The van der Waals surface area contributed by atoms with Crippen molar-refractivity contribution < 1.29 is 13.9 Å². The third kappa shape index (κ3) is 3.98. The maximum atomic E-state index is 13.5. The summed E-state index contributed by atoms with van der Waals surface area (Å²) in [6.45, 7) is 6.51. The molecule has 0 spiro atoms. The summed E-state index contributed by atoms with van der Waals surface area (Å²) < 4.78 is 26.3. The van der Waals surface area contributed by atoms with Crippen LogP contribution in [-0.2, 0) is 0 Å². The molecule has 1 aliphatic rings. The number of nitrogens with zero attached hydrogens (tertiary/aromatic N) is 1. The molecule has 1 aromatic rings. The Bertz CT molecular complexity index is 442. The fraction of sp³-hybridized carbons (Fsp3) is 0.600. The van der Waals surface area contributed by atoms with Crippen LogP contribution in [0.25, 0.3) is 0 Å². The lowest BCUT2D eigenvalue weighted by molar-refractivity contribution is 0.168. The van der Waals surface area contributed by atoms with Crippen LogP contribution in [0, 0.1) is 17.6 Å². The molecule has 1 fully saturated rings. The molecule has 3 nitrogen and oxygen atoms in total. The second-order valence-corrected chi connectivity index (χ2v) is 5.39. The van der Waals surface area contributed by atoms with Crippen LogP contribution in [0.3, 0.4) is 0 Å². The van der Waals surface area contributed by atoms with Crippen molar-refractivity contribution in [2.24, 2.45) is 5.92 Å². The molecule has 2 rings (SSSR count). The molecule has 1 heterocycles. The average Bonchev–Trinajstić information content (AvgIpc) is 2.86. The van der Waals surface area contributed by atoms with Gasteiger partial charge in [-0.05, 0) is 38.0 Å². The van der Waals surface area contributed by atoms with Crippen LogP contribution in [0.1, 0.15) is 25.0 Å². The van der Waals surface area contributed by atoms with E-state index in [1.165, 1.54) is 6.07 Å². The van der Waals surface area contributed by atoms with Crippen LogP contribution < -0.4 is 5.32 Å². The number of rotatable bonds is 6. The van der Waals surface area contributed by atoms with Crippen LogP contribution in [0.15, 0.2) is 18.2 Å². The molecule has 1 aromatic carbocycles. The molecule has 0 aliphatic carbocycles. The van der Waals surface area contributed by atoms with Gasteiger partial charge >= 0.3 is 0 Å². The van der Waals surface area contributed by atoms with Crippen LogP contribution in [0.2, 0.25) is 0 Å². The minimum Gasteiger partial charge on any atom is -0.387 e. The summed E-state index contributed by atoms with van der Waals surface area (Å²) in [5, 5.41) is 13.1. The fourth-order valence-corrected chi connectivity index (χ4v) is 2.67. The van der Waals surface area contributed by atoms with E-state index in [0.29, 0.717) is 5.92 Å². The molecule has 1 aliphatic heterocycles. The Morgan fingerprint density at radius 1 is 1.45 bits per heavy atom. The minimum absolute atomic E-state index is 0.139. The van der Waals surface area contributed by atoms with Crippen molar-refractivity contribution in [1.82, 2.24) is 10.2 Å². The molecule has 1 saturated heterocycles. The highest BCUT2D eigenvalue weighted by Crippen LogP contribution is 2.18. The largest absolute Gasteiger partial charge is 0.387 e. The third-order valence-electron chi connectivity index (χ3n) is 3.91. The number of benzene rings is 1. The van der Waals surface area contributed by atoms with E-state index in [-0.39, 0.29) is 12.1 Å². The van der Waals surface area contributed by atoms with Gasteiger partial charge in [0.05, 0.1) is 6.10 Å². The first-order valence-electron chi connectivity index (χ1n) is 7.16. The number of aliphatic hydroxyl groups excluding tert-OH is 1. The second-order valence-electron chi connectivity index (χ2n) is 5.39. The molecule has 0 saturated carbocycles. The Morgan fingerprint density at radius 3 is 2.90 bits per heavy atom. The molecule has 0 amide bonds. The molecular formula is C15H22F2N2O. The molecule has 2 unspecified atom stereocenters. The monoisotopic (exact) mass is 284 g/mol. The number of nitrogens with one attached hydrogen (secondary N) is 1. The van der Waals surface area contributed by atoms with E-state index in [1.807, 2.05) is 0 Å². The van der Waals surface area contributed by atoms with Gasteiger partial charge in [-0.1, -0.05) is 13.0 Å². The summed E-state index contributed by atoms with van der Waals surface area (Å²) in [6.07, 6.45) is 0.209.